The molecule has 0 fully saturated rings. The highest BCUT2D eigenvalue weighted by Gasteiger charge is 2.14. The van der Waals surface area contributed by atoms with Gasteiger partial charge in [0, 0.05) is 27.1 Å². The van der Waals surface area contributed by atoms with Crippen LogP contribution >= 0.6 is 0 Å². The van der Waals surface area contributed by atoms with Gasteiger partial charge >= 0.3 is 5.69 Å². The Balaban J connectivity index is 0.00000220. The molecule has 0 atom stereocenters. The molecule has 7 nitrogen and oxygen atoms in total. The third-order valence-corrected chi connectivity index (χ3v) is 3.45. The highest BCUT2D eigenvalue weighted by Crippen LogP contribution is 2.07. The minimum atomic E-state index is -0.348. The lowest BCUT2D eigenvalue weighted by Crippen LogP contribution is -3.00. The van der Waals surface area contributed by atoms with Crippen molar-refractivity contribution >= 4 is 11.2 Å². The molecule has 2 heterocycles. The molecule has 0 N–H and O–H groups in total. The number of rotatable bonds is 4. The summed E-state index contributed by atoms with van der Waals surface area (Å²) in [4.78, 5) is 28.3. The standard InChI is InChI=1S/C13H22N5O2.HI/c1-15-11-10(12(19)16(2)13(15)20)17(9-14-11)7-6-8-18(3,4)5;/h9H,6-8H2,1-5H3;1H/q+1;/p-1. The van der Waals surface area contributed by atoms with Gasteiger partial charge in [0.2, 0.25) is 0 Å². The number of quaternary nitrogens is 1. The van der Waals surface area contributed by atoms with Crippen molar-refractivity contribution in [2.75, 3.05) is 27.7 Å². The fraction of sp³-hybridized carbons (Fsp3) is 0.615. The normalized spacial score (nSPS) is 11.7. The molecule has 2 aromatic rings. The molecule has 0 aromatic carbocycles. The average molecular weight is 407 g/mol. The van der Waals surface area contributed by atoms with Crippen molar-refractivity contribution in [3.8, 4) is 0 Å². The van der Waals surface area contributed by atoms with E-state index in [-0.39, 0.29) is 35.2 Å². The van der Waals surface area contributed by atoms with Gasteiger partial charge in [-0.25, -0.2) is 9.78 Å². The molecule has 0 amide bonds. The third kappa shape index (κ3) is 3.54. The summed E-state index contributed by atoms with van der Waals surface area (Å²) in [5, 5.41) is 0. The minimum absolute atomic E-state index is 0. The first-order valence-corrected chi connectivity index (χ1v) is 6.63. The van der Waals surface area contributed by atoms with Crippen molar-refractivity contribution < 1.29 is 28.5 Å². The Morgan fingerprint density at radius 3 is 2.33 bits per heavy atom. The number of hydrogen-bond donors (Lipinski definition) is 0. The van der Waals surface area contributed by atoms with Crippen LogP contribution in [-0.4, -0.2) is 50.9 Å². The number of aromatic nitrogens is 4. The van der Waals surface area contributed by atoms with Gasteiger partial charge in [0.15, 0.2) is 11.2 Å². The molecule has 118 valence electrons. The first-order chi connectivity index (χ1) is 9.22. The Hall–Kier alpha value is -1.16. The van der Waals surface area contributed by atoms with Crippen molar-refractivity contribution in [1.82, 2.24) is 18.7 Å². The summed E-state index contributed by atoms with van der Waals surface area (Å²) in [5.74, 6) is 0. The van der Waals surface area contributed by atoms with Crippen molar-refractivity contribution in [2.45, 2.75) is 13.0 Å². The van der Waals surface area contributed by atoms with Gasteiger partial charge in [-0.1, -0.05) is 0 Å². The van der Waals surface area contributed by atoms with E-state index in [4.69, 9.17) is 0 Å². The van der Waals surface area contributed by atoms with Crippen molar-refractivity contribution in [3.63, 3.8) is 0 Å². The van der Waals surface area contributed by atoms with Crippen LogP contribution in [0.4, 0.5) is 0 Å². The predicted molar refractivity (Wildman–Crippen MR) is 77.7 cm³/mol. The molecule has 0 aliphatic rings. The van der Waals surface area contributed by atoms with Crippen molar-refractivity contribution in [1.29, 1.82) is 0 Å². The van der Waals surface area contributed by atoms with E-state index >= 15 is 0 Å². The van der Waals surface area contributed by atoms with E-state index in [9.17, 15) is 9.59 Å². The maximum Gasteiger partial charge on any atom is 0.332 e. The molecular weight excluding hydrogens is 385 g/mol. The second-order valence-corrected chi connectivity index (χ2v) is 6.18. The van der Waals surface area contributed by atoms with E-state index in [1.807, 2.05) is 4.57 Å². The number of imidazole rings is 1. The number of nitrogens with zero attached hydrogens (tertiary/aromatic N) is 5. The van der Waals surface area contributed by atoms with E-state index in [1.165, 1.54) is 11.6 Å². The van der Waals surface area contributed by atoms with Crippen LogP contribution in [0.3, 0.4) is 0 Å². The van der Waals surface area contributed by atoms with E-state index in [1.54, 1.807) is 13.4 Å². The molecule has 0 saturated heterocycles. The van der Waals surface area contributed by atoms with Crippen LogP contribution < -0.4 is 35.2 Å². The molecule has 0 aliphatic heterocycles. The van der Waals surface area contributed by atoms with E-state index < -0.39 is 0 Å². The van der Waals surface area contributed by atoms with Crippen LogP contribution in [0.2, 0.25) is 0 Å². The van der Waals surface area contributed by atoms with Gasteiger partial charge in [-0.15, -0.1) is 0 Å². The summed E-state index contributed by atoms with van der Waals surface area (Å²) in [7, 11) is 9.53. The molecule has 8 heteroatoms. The molecule has 0 saturated carbocycles. The zero-order chi connectivity index (χ0) is 15.1. The van der Waals surface area contributed by atoms with Gasteiger partial charge in [-0.2, -0.15) is 0 Å². The zero-order valence-electron chi connectivity index (χ0n) is 13.1. The first-order valence-electron chi connectivity index (χ1n) is 6.63. The third-order valence-electron chi connectivity index (χ3n) is 3.45. The average Bonchev–Trinajstić information content (AvgIpc) is 2.76. The Bertz CT molecular complexity index is 751. The second-order valence-electron chi connectivity index (χ2n) is 6.18. The number of fused-ring (bicyclic) bond motifs is 1. The lowest BCUT2D eigenvalue weighted by molar-refractivity contribution is -0.870. The van der Waals surface area contributed by atoms with Crippen LogP contribution in [0, 0.1) is 0 Å². The fourth-order valence-corrected chi connectivity index (χ4v) is 2.28. The monoisotopic (exact) mass is 407 g/mol. The maximum absolute atomic E-state index is 12.2. The van der Waals surface area contributed by atoms with Crippen LogP contribution in [0.15, 0.2) is 15.9 Å². The maximum atomic E-state index is 12.2. The van der Waals surface area contributed by atoms with Crippen molar-refractivity contribution in [2.24, 2.45) is 14.1 Å². The molecule has 0 bridgehead atoms. The van der Waals surface area contributed by atoms with E-state index in [0.717, 1.165) is 28.6 Å². The molecule has 2 rings (SSSR count). The van der Waals surface area contributed by atoms with Crippen LogP contribution in [0.25, 0.3) is 11.2 Å². The zero-order valence-corrected chi connectivity index (χ0v) is 15.3. The molecule has 21 heavy (non-hydrogen) atoms. The first kappa shape index (κ1) is 17.9. The lowest BCUT2D eigenvalue weighted by atomic mass is 10.3. The van der Waals surface area contributed by atoms with E-state index in [2.05, 4.69) is 26.1 Å². The molecule has 0 aliphatic carbocycles. The molecular formula is C13H22IN5O2. The summed E-state index contributed by atoms with van der Waals surface area (Å²) >= 11 is 0. The topological polar surface area (TPSA) is 61.8 Å². The van der Waals surface area contributed by atoms with Crippen LogP contribution in [0.1, 0.15) is 6.42 Å². The summed E-state index contributed by atoms with van der Waals surface area (Å²) in [5.41, 5.74) is 0.310. The number of halogens is 1. The summed E-state index contributed by atoms with van der Waals surface area (Å²) in [6.07, 6.45) is 2.59. The Kier molecular flexibility index (Phi) is 5.37. The highest BCUT2D eigenvalue weighted by atomic mass is 127. The van der Waals surface area contributed by atoms with Gasteiger partial charge in [-0.05, 0) is 0 Å². The summed E-state index contributed by atoms with van der Waals surface area (Å²) < 4.78 is 5.25. The van der Waals surface area contributed by atoms with Crippen LogP contribution in [0.5, 0.6) is 0 Å². The van der Waals surface area contributed by atoms with Gasteiger partial charge in [0.1, 0.15) is 0 Å². The second kappa shape index (κ2) is 6.30. The molecule has 0 radical (unpaired) electrons. The lowest BCUT2D eigenvalue weighted by Gasteiger charge is -2.23. The molecule has 0 spiro atoms. The van der Waals surface area contributed by atoms with Crippen molar-refractivity contribution in [3.05, 3.63) is 27.2 Å². The summed E-state index contributed by atoms with van der Waals surface area (Å²) in [6, 6.07) is 0. The SMILES string of the molecule is Cn1c(=O)c2c(ncn2CCC[N+](C)(C)C)n(C)c1=O.[I-]. The number of hydrogen-bond acceptors (Lipinski definition) is 3. The van der Waals surface area contributed by atoms with Gasteiger partial charge < -0.3 is 33.0 Å². The minimum Gasteiger partial charge on any atom is -1.00 e. The number of aryl methyl sites for hydroxylation is 2. The molecule has 0 unspecified atom stereocenters. The van der Waals surface area contributed by atoms with Gasteiger partial charge in [0.25, 0.3) is 5.56 Å². The fourth-order valence-electron chi connectivity index (χ4n) is 2.28. The molecule has 2 aromatic heterocycles. The quantitative estimate of drug-likeness (QED) is 0.391. The predicted octanol–water partition coefficient (Wildman–Crippen LogP) is -3.47. The Labute approximate surface area is 140 Å². The summed E-state index contributed by atoms with van der Waals surface area (Å²) in [6.45, 7) is 1.73. The Morgan fingerprint density at radius 2 is 1.76 bits per heavy atom. The van der Waals surface area contributed by atoms with Gasteiger partial charge in [-0.3, -0.25) is 13.9 Å². The van der Waals surface area contributed by atoms with Crippen LogP contribution in [-0.2, 0) is 20.6 Å². The Morgan fingerprint density at radius 1 is 1.14 bits per heavy atom. The largest absolute Gasteiger partial charge is 1.00 e. The smallest absolute Gasteiger partial charge is 0.332 e. The highest BCUT2D eigenvalue weighted by molar-refractivity contribution is 5.69. The van der Waals surface area contributed by atoms with Gasteiger partial charge in [0.05, 0.1) is 34.0 Å². The van der Waals surface area contributed by atoms with E-state index in [0.29, 0.717) is 11.2 Å².